The molecule has 1 aromatic carbocycles. The normalized spacial score (nSPS) is 14.9. The van der Waals surface area contributed by atoms with Crippen LogP contribution in [0.2, 0.25) is 0 Å². The van der Waals surface area contributed by atoms with Gasteiger partial charge in [-0.15, -0.1) is 0 Å². The van der Waals surface area contributed by atoms with Gasteiger partial charge in [0.15, 0.2) is 0 Å². The van der Waals surface area contributed by atoms with Gasteiger partial charge in [-0.05, 0) is 30.5 Å². The first-order valence-corrected chi connectivity index (χ1v) is 5.66. The van der Waals surface area contributed by atoms with Crippen LogP contribution in [-0.4, -0.2) is 29.7 Å². The van der Waals surface area contributed by atoms with Crippen LogP contribution < -0.4 is 4.90 Å². The maximum absolute atomic E-state index is 13.6. The number of alkyl halides is 3. The number of hydrogen-bond acceptors (Lipinski definition) is 2. The summed E-state index contributed by atoms with van der Waals surface area (Å²) in [5, 5.41) is 8.77. The number of amides is 1. The fourth-order valence-corrected chi connectivity index (χ4v) is 2.14. The third kappa shape index (κ3) is 2.45. The minimum Gasteiger partial charge on any atom is -0.478 e. The molecule has 20 heavy (non-hydrogen) atoms. The van der Waals surface area contributed by atoms with E-state index in [0.717, 1.165) is 6.07 Å². The molecule has 1 amide bonds. The second-order valence-electron chi connectivity index (χ2n) is 4.32. The third-order valence-corrected chi connectivity index (χ3v) is 3.01. The Labute approximate surface area is 110 Å². The maximum atomic E-state index is 13.6. The van der Waals surface area contributed by atoms with Crippen molar-refractivity contribution in [3.63, 3.8) is 0 Å². The van der Waals surface area contributed by atoms with Crippen LogP contribution in [0.5, 0.6) is 0 Å². The molecule has 4 nitrogen and oxygen atoms in total. The highest BCUT2D eigenvalue weighted by Gasteiger charge is 2.44. The van der Waals surface area contributed by atoms with Crippen molar-refractivity contribution < 1.29 is 32.3 Å². The Balaban J connectivity index is 2.49. The predicted molar refractivity (Wildman–Crippen MR) is 60.1 cm³/mol. The van der Waals surface area contributed by atoms with Gasteiger partial charge in [0.05, 0.1) is 11.3 Å². The number of rotatable bonds is 1. The Morgan fingerprint density at radius 2 is 1.90 bits per heavy atom. The second-order valence-corrected chi connectivity index (χ2v) is 4.32. The van der Waals surface area contributed by atoms with E-state index in [0.29, 0.717) is 11.0 Å². The molecule has 0 spiro atoms. The molecule has 0 unspecified atom stereocenters. The Morgan fingerprint density at radius 3 is 2.45 bits per heavy atom. The average molecular weight is 291 g/mol. The topological polar surface area (TPSA) is 57.6 Å². The van der Waals surface area contributed by atoms with Gasteiger partial charge < -0.3 is 10.0 Å². The van der Waals surface area contributed by atoms with Gasteiger partial charge >= 0.3 is 18.1 Å². The van der Waals surface area contributed by atoms with Crippen molar-refractivity contribution in [2.45, 2.75) is 19.0 Å². The molecule has 1 aromatic rings. The number of carbonyl (C=O) groups excluding carboxylic acids is 1. The number of benzene rings is 1. The number of carboxylic acids is 1. The van der Waals surface area contributed by atoms with Crippen molar-refractivity contribution >= 4 is 17.6 Å². The summed E-state index contributed by atoms with van der Waals surface area (Å²) in [4.78, 5) is 22.5. The van der Waals surface area contributed by atoms with Gasteiger partial charge in [0.1, 0.15) is 5.82 Å². The molecule has 0 aromatic heterocycles. The van der Waals surface area contributed by atoms with Gasteiger partial charge in [-0.3, -0.25) is 4.79 Å². The summed E-state index contributed by atoms with van der Waals surface area (Å²) in [5.74, 6) is -4.76. The zero-order valence-corrected chi connectivity index (χ0v) is 10.00. The number of halogens is 4. The van der Waals surface area contributed by atoms with E-state index in [9.17, 15) is 27.2 Å². The summed E-state index contributed by atoms with van der Waals surface area (Å²) < 4.78 is 50.9. The second kappa shape index (κ2) is 4.77. The maximum Gasteiger partial charge on any atom is 0.471 e. The van der Waals surface area contributed by atoms with Gasteiger partial charge in [0.25, 0.3) is 0 Å². The van der Waals surface area contributed by atoms with E-state index in [-0.39, 0.29) is 30.6 Å². The number of aryl methyl sites for hydroxylation is 1. The molecule has 0 saturated carbocycles. The van der Waals surface area contributed by atoms with Crippen LogP contribution in [0, 0.1) is 5.82 Å². The zero-order valence-electron chi connectivity index (χ0n) is 10.00. The summed E-state index contributed by atoms with van der Waals surface area (Å²) in [7, 11) is 0. The molecule has 8 heteroatoms. The number of nitrogens with zero attached hydrogens (tertiary/aromatic N) is 1. The highest BCUT2D eigenvalue weighted by Crippen LogP contribution is 2.32. The Kier molecular flexibility index (Phi) is 3.41. The number of fused-ring (bicyclic) bond motifs is 1. The van der Waals surface area contributed by atoms with Crippen molar-refractivity contribution in [3.05, 3.63) is 29.1 Å². The lowest BCUT2D eigenvalue weighted by atomic mass is 9.98. The monoisotopic (exact) mass is 291 g/mol. The van der Waals surface area contributed by atoms with Crippen molar-refractivity contribution in [1.82, 2.24) is 0 Å². The summed E-state index contributed by atoms with van der Waals surface area (Å²) in [6.45, 7) is -0.183. The lowest BCUT2D eigenvalue weighted by molar-refractivity contribution is -0.170. The number of carboxylic acid groups (broad SMARTS) is 1. The number of carbonyl (C=O) groups is 2. The lowest BCUT2D eigenvalue weighted by Crippen LogP contribution is -2.44. The standard InChI is InChI=1S/C12H9F4NO3/c13-8-5-9-6(4-7(8)10(18)19)2-1-3-17(9)11(20)12(14,15)16/h4-5H,1-3H2,(H,18,19). The minimum atomic E-state index is -5.06. The summed E-state index contributed by atoms with van der Waals surface area (Å²) in [5.41, 5.74) is -0.626. The first-order chi connectivity index (χ1) is 9.21. The largest absolute Gasteiger partial charge is 0.478 e. The molecule has 0 saturated heterocycles. The van der Waals surface area contributed by atoms with Gasteiger partial charge in [0.2, 0.25) is 0 Å². The molecule has 0 atom stereocenters. The van der Waals surface area contributed by atoms with E-state index >= 15 is 0 Å². The predicted octanol–water partition coefficient (Wildman–Crippen LogP) is 2.37. The Morgan fingerprint density at radius 1 is 1.25 bits per heavy atom. The van der Waals surface area contributed by atoms with Gasteiger partial charge in [-0.1, -0.05) is 0 Å². The quantitative estimate of drug-likeness (QED) is 0.808. The highest BCUT2D eigenvalue weighted by molar-refractivity contribution is 5.99. The van der Waals surface area contributed by atoms with Crippen molar-refractivity contribution in [2.75, 3.05) is 11.4 Å². The Hall–Kier alpha value is -2.12. The van der Waals surface area contributed by atoms with Gasteiger partial charge in [-0.25, -0.2) is 9.18 Å². The Bertz CT molecular complexity index is 583. The molecule has 2 rings (SSSR count). The fourth-order valence-electron chi connectivity index (χ4n) is 2.14. The van der Waals surface area contributed by atoms with Crippen molar-refractivity contribution in [2.24, 2.45) is 0 Å². The van der Waals surface area contributed by atoms with E-state index in [1.54, 1.807) is 0 Å². The van der Waals surface area contributed by atoms with Crippen LogP contribution in [0.4, 0.5) is 23.2 Å². The van der Waals surface area contributed by atoms with Crippen molar-refractivity contribution in [1.29, 1.82) is 0 Å². The SMILES string of the molecule is O=C(O)c1cc2c(cc1F)N(C(=O)C(F)(F)F)CCC2. The van der Waals surface area contributed by atoms with Crippen LogP contribution in [0.1, 0.15) is 22.3 Å². The van der Waals surface area contributed by atoms with Crippen molar-refractivity contribution in [3.8, 4) is 0 Å². The molecule has 1 aliphatic rings. The zero-order chi connectivity index (χ0) is 15.1. The molecule has 0 bridgehead atoms. The molecule has 0 aliphatic carbocycles. The average Bonchev–Trinajstić information content (AvgIpc) is 2.35. The molecular formula is C12H9F4NO3. The van der Waals surface area contributed by atoms with Gasteiger partial charge in [0, 0.05) is 6.54 Å². The molecule has 1 heterocycles. The summed E-state index contributed by atoms with van der Waals surface area (Å²) in [6, 6.07) is 1.64. The third-order valence-electron chi connectivity index (χ3n) is 3.01. The first kappa shape index (κ1) is 14.3. The number of aromatic carboxylic acids is 1. The van der Waals surface area contributed by atoms with Gasteiger partial charge in [-0.2, -0.15) is 13.2 Å². The molecular weight excluding hydrogens is 282 g/mol. The smallest absolute Gasteiger partial charge is 0.471 e. The molecule has 1 aliphatic heterocycles. The summed E-state index contributed by atoms with van der Waals surface area (Å²) >= 11 is 0. The van der Waals surface area contributed by atoms with E-state index in [2.05, 4.69) is 0 Å². The van der Waals surface area contributed by atoms with E-state index in [1.807, 2.05) is 0 Å². The van der Waals surface area contributed by atoms with Crippen LogP contribution in [0.15, 0.2) is 12.1 Å². The van der Waals surface area contributed by atoms with Crippen LogP contribution in [0.25, 0.3) is 0 Å². The molecule has 108 valence electrons. The fraction of sp³-hybridized carbons (Fsp3) is 0.333. The molecule has 0 radical (unpaired) electrons. The summed E-state index contributed by atoms with van der Waals surface area (Å²) in [6.07, 6.45) is -4.52. The molecule has 1 N–H and O–H groups in total. The minimum absolute atomic E-state index is 0.183. The van der Waals surface area contributed by atoms with E-state index in [4.69, 9.17) is 5.11 Å². The van der Waals surface area contributed by atoms with Crippen LogP contribution in [0.3, 0.4) is 0 Å². The van der Waals surface area contributed by atoms with Crippen LogP contribution >= 0.6 is 0 Å². The number of hydrogen-bond donors (Lipinski definition) is 1. The van der Waals surface area contributed by atoms with E-state index < -0.39 is 29.4 Å². The molecule has 0 fully saturated rings. The lowest BCUT2D eigenvalue weighted by Gasteiger charge is -2.30. The number of anilines is 1. The first-order valence-electron chi connectivity index (χ1n) is 5.66. The van der Waals surface area contributed by atoms with E-state index in [1.165, 1.54) is 0 Å². The van der Waals surface area contributed by atoms with Crippen LogP contribution in [-0.2, 0) is 11.2 Å². The highest BCUT2D eigenvalue weighted by atomic mass is 19.4.